The van der Waals surface area contributed by atoms with E-state index in [1.54, 1.807) is 0 Å². The number of rotatable bonds is 3. The summed E-state index contributed by atoms with van der Waals surface area (Å²) in [7, 11) is 0. The van der Waals surface area contributed by atoms with Gasteiger partial charge in [0.2, 0.25) is 0 Å². The molecule has 0 fully saturated rings. The Kier molecular flexibility index (Phi) is 2.55. The average molecular weight is 188 g/mol. The Bertz CT molecular complexity index is 417. The fourth-order valence-corrected chi connectivity index (χ4v) is 1.88. The molecule has 0 saturated carbocycles. The zero-order valence-corrected chi connectivity index (χ0v) is 8.46. The molecule has 1 unspecified atom stereocenters. The van der Waals surface area contributed by atoms with E-state index in [0.717, 1.165) is 12.8 Å². The van der Waals surface area contributed by atoms with Crippen molar-refractivity contribution in [2.24, 2.45) is 5.73 Å². The minimum atomic E-state index is 0.155. The van der Waals surface area contributed by atoms with Gasteiger partial charge in [-0.05, 0) is 23.4 Å². The number of nitrogens with one attached hydrogen (secondary N) is 1. The molecule has 0 amide bonds. The first-order valence-corrected chi connectivity index (χ1v) is 5.14. The van der Waals surface area contributed by atoms with Gasteiger partial charge in [-0.25, -0.2) is 0 Å². The molecule has 2 heteroatoms. The second-order valence-corrected chi connectivity index (χ2v) is 3.68. The van der Waals surface area contributed by atoms with Gasteiger partial charge in [0.25, 0.3) is 0 Å². The molecule has 14 heavy (non-hydrogen) atoms. The number of benzene rings is 1. The molecular weight excluding hydrogens is 172 g/mol. The zero-order valence-electron chi connectivity index (χ0n) is 8.46. The van der Waals surface area contributed by atoms with E-state index in [2.05, 4.69) is 36.2 Å². The molecule has 1 aromatic heterocycles. The molecule has 0 aliphatic rings. The lowest BCUT2D eigenvalue weighted by atomic mass is 10.0. The third kappa shape index (κ3) is 1.53. The predicted molar refractivity (Wildman–Crippen MR) is 60.1 cm³/mol. The van der Waals surface area contributed by atoms with Crippen molar-refractivity contribution in [3.05, 3.63) is 36.0 Å². The van der Waals surface area contributed by atoms with Crippen molar-refractivity contribution in [2.75, 3.05) is 0 Å². The number of fused-ring (bicyclic) bond motifs is 1. The number of H-pyrrole nitrogens is 1. The minimum absolute atomic E-state index is 0.155. The van der Waals surface area contributed by atoms with Crippen molar-refractivity contribution in [3.63, 3.8) is 0 Å². The van der Waals surface area contributed by atoms with Crippen LogP contribution < -0.4 is 5.73 Å². The Hall–Kier alpha value is -1.28. The van der Waals surface area contributed by atoms with Gasteiger partial charge in [-0.15, -0.1) is 0 Å². The maximum Gasteiger partial charge on any atom is 0.0502 e. The number of para-hydroxylation sites is 1. The molecule has 2 nitrogen and oxygen atoms in total. The molecule has 0 bridgehead atoms. The monoisotopic (exact) mass is 188 g/mol. The summed E-state index contributed by atoms with van der Waals surface area (Å²) in [5.41, 5.74) is 8.53. The molecule has 1 atom stereocenters. The molecule has 3 N–H and O–H groups in total. The van der Waals surface area contributed by atoms with Crippen LogP contribution in [0.3, 0.4) is 0 Å². The first-order valence-electron chi connectivity index (χ1n) is 5.14. The lowest BCUT2D eigenvalue weighted by molar-refractivity contribution is 0.642. The van der Waals surface area contributed by atoms with Crippen molar-refractivity contribution in [3.8, 4) is 0 Å². The molecule has 2 aromatic rings. The molecule has 1 heterocycles. The summed E-state index contributed by atoms with van der Waals surface area (Å²) in [5, 5.41) is 1.24. The Balaban J connectivity index is 2.45. The maximum absolute atomic E-state index is 6.11. The first kappa shape index (κ1) is 9.28. The standard InChI is InChI=1S/C12H16N2/c1-2-4-11(13)10-6-3-5-9-7-8-14-12(9)10/h3,5-8,11,14H,2,4,13H2,1H3. The van der Waals surface area contributed by atoms with Crippen LogP contribution in [0, 0.1) is 0 Å². The number of hydrogen-bond acceptors (Lipinski definition) is 1. The fourth-order valence-electron chi connectivity index (χ4n) is 1.88. The highest BCUT2D eigenvalue weighted by molar-refractivity contribution is 5.82. The highest BCUT2D eigenvalue weighted by Crippen LogP contribution is 2.24. The fraction of sp³-hybridized carbons (Fsp3) is 0.333. The van der Waals surface area contributed by atoms with Gasteiger partial charge in [-0.3, -0.25) is 0 Å². The molecule has 0 aliphatic heterocycles. The van der Waals surface area contributed by atoms with Crippen molar-refractivity contribution in [1.82, 2.24) is 4.98 Å². The lowest BCUT2D eigenvalue weighted by Crippen LogP contribution is -2.10. The number of aromatic amines is 1. The van der Waals surface area contributed by atoms with Crippen molar-refractivity contribution in [1.29, 1.82) is 0 Å². The minimum Gasteiger partial charge on any atom is -0.361 e. The van der Waals surface area contributed by atoms with Crippen LogP contribution >= 0.6 is 0 Å². The van der Waals surface area contributed by atoms with E-state index in [-0.39, 0.29) is 6.04 Å². The van der Waals surface area contributed by atoms with E-state index in [1.807, 2.05) is 6.20 Å². The molecule has 0 aliphatic carbocycles. The lowest BCUT2D eigenvalue weighted by Gasteiger charge is -2.11. The van der Waals surface area contributed by atoms with Gasteiger partial charge in [-0.2, -0.15) is 0 Å². The molecule has 2 rings (SSSR count). The highest BCUT2D eigenvalue weighted by atomic mass is 14.7. The van der Waals surface area contributed by atoms with E-state index in [4.69, 9.17) is 5.73 Å². The SMILES string of the molecule is CCCC(N)c1cccc2cc[nH]c12. The Morgan fingerprint density at radius 2 is 2.21 bits per heavy atom. The van der Waals surface area contributed by atoms with Crippen LogP contribution in [0.2, 0.25) is 0 Å². The molecule has 0 spiro atoms. The van der Waals surface area contributed by atoms with Gasteiger partial charge in [0, 0.05) is 12.2 Å². The van der Waals surface area contributed by atoms with E-state index >= 15 is 0 Å². The summed E-state index contributed by atoms with van der Waals surface area (Å²) in [6.07, 6.45) is 4.13. The quantitative estimate of drug-likeness (QED) is 0.764. The van der Waals surface area contributed by atoms with Gasteiger partial charge in [0.05, 0.1) is 5.52 Å². The van der Waals surface area contributed by atoms with E-state index in [9.17, 15) is 0 Å². The predicted octanol–water partition coefficient (Wildman–Crippen LogP) is 2.97. The van der Waals surface area contributed by atoms with Crippen LogP contribution in [0.15, 0.2) is 30.5 Å². The average Bonchev–Trinajstić information content (AvgIpc) is 2.65. The van der Waals surface area contributed by atoms with Crippen molar-refractivity contribution < 1.29 is 0 Å². The van der Waals surface area contributed by atoms with Crippen LogP contribution in [0.25, 0.3) is 10.9 Å². The summed E-state index contributed by atoms with van der Waals surface area (Å²) >= 11 is 0. The van der Waals surface area contributed by atoms with Crippen LogP contribution in [-0.4, -0.2) is 4.98 Å². The second-order valence-electron chi connectivity index (χ2n) is 3.68. The number of nitrogens with two attached hydrogens (primary N) is 1. The molecule has 0 saturated heterocycles. The van der Waals surface area contributed by atoms with Crippen molar-refractivity contribution >= 4 is 10.9 Å². The maximum atomic E-state index is 6.11. The van der Waals surface area contributed by atoms with E-state index in [0.29, 0.717) is 0 Å². The topological polar surface area (TPSA) is 41.8 Å². The van der Waals surface area contributed by atoms with Crippen LogP contribution in [0.1, 0.15) is 31.4 Å². The Morgan fingerprint density at radius 3 is 3.00 bits per heavy atom. The summed E-state index contributed by atoms with van der Waals surface area (Å²) in [6, 6.07) is 8.52. The van der Waals surface area contributed by atoms with Gasteiger partial charge >= 0.3 is 0 Å². The van der Waals surface area contributed by atoms with Crippen LogP contribution in [0.5, 0.6) is 0 Å². The van der Waals surface area contributed by atoms with Gasteiger partial charge in [0.15, 0.2) is 0 Å². The van der Waals surface area contributed by atoms with Gasteiger partial charge in [0.1, 0.15) is 0 Å². The van der Waals surface area contributed by atoms with Crippen LogP contribution in [0.4, 0.5) is 0 Å². The van der Waals surface area contributed by atoms with Crippen LogP contribution in [-0.2, 0) is 0 Å². The number of hydrogen-bond donors (Lipinski definition) is 2. The third-order valence-corrected chi connectivity index (χ3v) is 2.62. The Morgan fingerprint density at radius 1 is 1.36 bits per heavy atom. The first-order chi connectivity index (χ1) is 6.83. The molecular formula is C12H16N2. The summed E-state index contributed by atoms with van der Waals surface area (Å²) in [6.45, 7) is 2.16. The largest absolute Gasteiger partial charge is 0.361 e. The summed E-state index contributed by atoms with van der Waals surface area (Å²) in [4.78, 5) is 3.25. The molecule has 1 aromatic carbocycles. The molecule has 74 valence electrons. The summed E-state index contributed by atoms with van der Waals surface area (Å²) < 4.78 is 0. The Labute approximate surface area is 84.1 Å². The van der Waals surface area contributed by atoms with E-state index in [1.165, 1.54) is 16.5 Å². The van der Waals surface area contributed by atoms with Gasteiger partial charge in [-0.1, -0.05) is 31.5 Å². The second kappa shape index (κ2) is 3.84. The number of aromatic nitrogens is 1. The normalized spacial score (nSPS) is 13.3. The van der Waals surface area contributed by atoms with E-state index < -0.39 is 0 Å². The summed E-state index contributed by atoms with van der Waals surface area (Å²) in [5.74, 6) is 0. The zero-order chi connectivity index (χ0) is 9.97. The van der Waals surface area contributed by atoms with Gasteiger partial charge < -0.3 is 10.7 Å². The van der Waals surface area contributed by atoms with Crippen molar-refractivity contribution in [2.45, 2.75) is 25.8 Å². The smallest absolute Gasteiger partial charge is 0.0502 e. The highest BCUT2D eigenvalue weighted by Gasteiger charge is 2.08. The third-order valence-electron chi connectivity index (χ3n) is 2.62. The molecule has 0 radical (unpaired) electrons.